The summed E-state index contributed by atoms with van der Waals surface area (Å²) >= 11 is 0. The van der Waals surface area contributed by atoms with E-state index in [1.165, 1.54) is 4.68 Å². The molecule has 0 unspecified atom stereocenters. The van der Waals surface area contributed by atoms with Crippen LogP contribution in [0.3, 0.4) is 0 Å². The molecule has 0 aliphatic carbocycles. The van der Waals surface area contributed by atoms with Gasteiger partial charge >= 0.3 is 5.97 Å². The van der Waals surface area contributed by atoms with E-state index in [2.05, 4.69) is 10.1 Å². The van der Waals surface area contributed by atoms with Gasteiger partial charge in [0, 0.05) is 24.2 Å². The normalized spacial score (nSPS) is 11.4. The number of aliphatic carboxylic acids is 1. The van der Waals surface area contributed by atoms with Crippen LogP contribution < -0.4 is 4.74 Å². The van der Waals surface area contributed by atoms with Gasteiger partial charge in [-0.2, -0.15) is 10.1 Å². The molecule has 7 nitrogen and oxygen atoms in total. The fourth-order valence-corrected chi connectivity index (χ4v) is 2.69. The highest BCUT2D eigenvalue weighted by atomic mass is 19.3. The predicted octanol–water partition coefficient (Wildman–Crippen LogP) is 3.25. The summed E-state index contributed by atoms with van der Waals surface area (Å²) in [6, 6.07) is 2.77. The van der Waals surface area contributed by atoms with E-state index < -0.39 is 19.0 Å². The molecule has 9 heteroatoms. The van der Waals surface area contributed by atoms with Gasteiger partial charge in [-0.1, -0.05) is 0 Å². The smallest absolute Gasteiger partial charge is 0.341 e. The second-order valence-corrected chi connectivity index (χ2v) is 5.53. The molecular weight excluding hydrogens is 336 g/mol. The van der Waals surface area contributed by atoms with Crippen molar-refractivity contribution in [1.29, 1.82) is 0 Å². The molecule has 0 saturated carbocycles. The lowest BCUT2D eigenvalue weighted by Gasteiger charge is -2.08. The quantitative estimate of drug-likeness (QED) is 0.759. The molecule has 3 aromatic rings. The molecule has 0 bridgehead atoms. The Balaban J connectivity index is 2.24. The number of alkyl halides is 2. The first-order valence-corrected chi connectivity index (χ1v) is 7.35. The molecule has 0 aliphatic heterocycles. The Morgan fingerprint density at radius 3 is 2.68 bits per heavy atom. The maximum absolute atomic E-state index is 13.6. The van der Waals surface area contributed by atoms with E-state index in [1.54, 1.807) is 27.0 Å². The summed E-state index contributed by atoms with van der Waals surface area (Å²) in [4.78, 5) is 14.7. The minimum atomic E-state index is -2.81. The SMILES string of the molecule is Cc1cc(-c2nn(C)c3nc(OCC(=O)O)cc(C(F)F)c23)c(C)o1. The van der Waals surface area contributed by atoms with Crippen LogP contribution in [-0.2, 0) is 11.8 Å². The molecule has 0 saturated heterocycles. The third kappa shape index (κ3) is 3.04. The summed E-state index contributed by atoms with van der Waals surface area (Å²) in [6.45, 7) is 2.81. The van der Waals surface area contributed by atoms with Crippen LogP contribution in [0.5, 0.6) is 5.88 Å². The first-order chi connectivity index (χ1) is 11.8. The van der Waals surface area contributed by atoms with Gasteiger partial charge in [0.25, 0.3) is 6.43 Å². The average Bonchev–Trinajstić information content (AvgIpc) is 3.04. The highest BCUT2D eigenvalue weighted by Gasteiger charge is 2.24. The Morgan fingerprint density at radius 2 is 2.12 bits per heavy atom. The predicted molar refractivity (Wildman–Crippen MR) is 83.8 cm³/mol. The molecular formula is C16H15F2N3O4. The first kappa shape index (κ1) is 16.9. The van der Waals surface area contributed by atoms with Gasteiger partial charge in [-0.25, -0.2) is 18.3 Å². The molecule has 0 amide bonds. The van der Waals surface area contributed by atoms with Gasteiger partial charge in [-0.15, -0.1) is 0 Å². The Morgan fingerprint density at radius 1 is 1.40 bits per heavy atom. The number of aryl methyl sites for hydroxylation is 3. The third-order valence-electron chi connectivity index (χ3n) is 3.68. The van der Waals surface area contributed by atoms with E-state index in [0.717, 1.165) is 6.07 Å². The molecule has 3 aromatic heterocycles. The summed E-state index contributed by atoms with van der Waals surface area (Å²) in [6.07, 6.45) is -2.81. The molecule has 0 atom stereocenters. The zero-order valence-corrected chi connectivity index (χ0v) is 13.7. The molecule has 0 fully saturated rings. The van der Waals surface area contributed by atoms with Crippen molar-refractivity contribution in [3.8, 4) is 17.1 Å². The number of furan rings is 1. The minimum absolute atomic E-state index is 0.173. The molecule has 132 valence electrons. The number of ether oxygens (including phenoxy) is 1. The zero-order chi connectivity index (χ0) is 18.3. The summed E-state index contributed by atoms with van der Waals surface area (Å²) in [5, 5.41) is 13.2. The van der Waals surface area contributed by atoms with Crippen molar-refractivity contribution in [2.75, 3.05) is 6.61 Å². The number of hydrogen-bond acceptors (Lipinski definition) is 5. The van der Waals surface area contributed by atoms with E-state index in [-0.39, 0.29) is 22.5 Å². The van der Waals surface area contributed by atoms with Crippen LogP contribution in [0.2, 0.25) is 0 Å². The molecule has 25 heavy (non-hydrogen) atoms. The van der Waals surface area contributed by atoms with E-state index in [1.807, 2.05) is 0 Å². The Hall–Kier alpha value is -2.97. The van der Waals surface area contributed by atoms with Crippen molar-refractivity contribution in [2.45, 2.75) is 20.3 Å². The zero-order valence-electron chi connectivity index (χ0n) is 13.7. The van der Waals surface area contributed by atoms with E-state index in [0.29, 0.717) is 22.8 Å². The van der Waals surface area contributed by atoms with Crippen molar-refractivity contribution in [3.63, 3.8) is 0 Å². The maximum Gasteiger partial charge on any atom is 0.341 e. The summed E-state index contributed by atoms with van der Waals surface area (Å²) < 4.78 is 39.0. The molecule has 0 aliphatic rings. The van der Waals surface area contributed by atoms with Crippen molar-refractivity contribution < 1.29 is 27.8 Å². The largest absolute Gasteiger partial charge is 0.479 e. The fraction of sp³-hybridized carbons (Fsp3) is 0.312. The number of halogens is 2. The molecule has 3 rings (SSSR count). The molecule has 0 radical (unpaired) electrons. The van der Waals surface area contributed by atoms with Crippen LogP contribution >= 0.6 is 0 Å². The lowest BCUT2D eigenvalue weighted by Crippen LogP contribution is -2.11. The summed E-state index contributed by atoms with van der Waals surface area (Å²) in [5.74, 6) is -0.223. The average molecular weight is 351 g/mol. The third-order valence-corrected chi connectivity index (χ3v) is 3.68. The van der Waals surface area contributed by atoms with Gasteiger partial charge in [0.15, 0.2) is 12.3 Å². The Kier molecular flexibility index (Phi) is 4.15. The molecule has 1 N–H and O–H groups in total. The van der Waals surface area contributed by atoms with Gasteiger partial charge in [0.1, 0.15) is 17.2 Å². The highest BCUT2D eigenvalue weighted by molar-refractivity contribution is 5.95. The number of carboxylic acid groups (broad SMARTS) is 1. The number of carbonyl (C=O) groups is 1. The van der Waals surface area contributed by atoms with Gasteiger partial charge in [-0.05, 0) is 19.9 Å². The molecule has 0 spiro atoms. The molecule has 0 aromatic carbocycles. The lowest BCUT2D eigenvalue weighted by atomic mass is 10.1. The van der Waals surface area contributed by atoms with E-state index in [9.17, 15) is 13.6 Å². The second kappa shape index (κ2) is 6.15. The van der Waals surface area contributed by atoms with Crippen LogP contribution in [0.4, 0.5) is 8.78 Å². The van der Waals surface area contributed by atoms with Crippen molar-refractivity contribution in [3.05, 3.63) is 29.2 Å². The number of pyridine rings is 1. The first-order valence-electron chi connectivity index (χ1n) is 7.35. The van der Waals surface area contributed by atoms with Gasteiger partial charge in [0.2, 0.25) is 5.88 Å². The summed E-state index contributed by atoms with van der Waals surface area (Å²) in [7, 11) is 1.57. The standard InChI is InChI=1S/C16H15F2N3O4/c1-7-4-9(8(2)25-7)14-13-10(15(17)18)5-11(24-6-12(22)23)19-16(13)21(3)20-14/h4-5,15H,6H2,1-3H3,(H,22,23). The number of rotatable bonds is 5. The van der Waals surface area contributed by atoms with Crippen LogP contribution in [0, 0.1) is 13.8 Å². The van der Waals surface area contributed by atoms with Crippen LogP contribution in [0.1, 0.15) is 23.5 Å². The number of aromatic nitrogens is 3. The highest BCUT2D eigenvalue weighted by Crippen LogP contribution is 2.38. The van der Waals surface area contributed by atoms with Gasteiger partial charge in [0.05, 0.1) is 5.39 Å². The number of carboxylic acids is 1. The van der Waals surface area contributed by atoms with Crippen LogP contribution in [0.25, 0.3) is 22.3 Å². The van der Waals surface area contributed by atoms with Crippen molar-refractivity contribution in [1.82, 2.24) is 14.8 Å². The summed E-state index contributed by atoms with van der Waals surface area (Å²) in [5.41, 5.74) is 0.781. The lowest BCUT2D eigenvalue weighted by molar-refractivity contribution is -0.139. The topological polar surface area (TPSA) is 90.4 Å². The van der Waals surface area contributed by atoms with Gasteiger partial charge in [-0.3, -0.25) is 0 Å². The fourth-order valence-electron chi connectivity index (χ4n) is 2.69. The maximum atomic E-state index is 13.6. The Labute approximate surface area is 140 Å². The van der Waals surface area contributed by atoms with Crippen LogP contribution in [-0.4, -0.2) is 32.4 Å². The number of nitrogens with zero attached hydrogens (tertiary/aromatic N) is 3. The van der Waals surface area contributed by atoms with Crippen LogP contribution in [0.15, 0.2) is 16.5 Å². The minimum Gasteiger partial charge on any atom is -0.479 e. The Bertz CT molecular complexity index is 962. The monoisotopic (exact) mass is 351 g/mol. The van der Waals surface area contributed by atoms with E-state index >= 15 is 0 Å². The molecule has 3 heterocycles. The van der Waals surface area contributed by atoms with E-state index in [4.69, 9.17) is 14.3 Å². The van der Waals surface area contributed by atoms with Crippen molar-refractivity contribution >= 4 is 17.0 Å². The number of hydrogen-bond donors (Lipinski definition) is 1. The van der Waals surface area contributed by atoms with Crippen molar-refractivity contribution in [2.24, 2.45) is 7.05 Å². The number of fused-ring (bicyclic) bond motifs is 1. The van der Waals surface area contributed by atoms with Gasteiger partial charge < -0.3 is 14.3 Å². The second-order valence-electron chi connectivity index (χ2n) is 5.53.